The summed E-state index contributed by atoms with van der Waals surface area (Å²) in [4.78, 5) is 16.8. The molecule has 0 bridgehead atoms. The number of pyridine rings is 1. The van der Waals surface area contributed by atoms with Gasteiger partial charge in [0.15, 0.2) is 0 Å². The summed E-state index contributed by atoms with van der Waals surface area (Å²) < 4.78 is 0. The van der Waals surface area contributed by atoms with E-state index in [2.05, 4.69) is 27.6 Å². The summed E-state index contributed by atoms with van der Waals surface area (Å²) in [7, 11) is 0. The fraction of sp³-hybridized carbons (Fsp3) is 0.294. The zero-order valence-corrected chi connectivity index (χ0v) is 15.4. The number of carbonyl (C=O) groups is 1. The minimum atomic E-state index is -0.0927. The molecule has 0 spiro atoms. The number of anilines is 1. The SMILES string of the molecule is CCc1nnc(NC(=O)CSc2nc3c(C)cccc3cc2C)s1. The maximum Gasteiger partial charge on any atom is 0.236 e. The highest BCUT2D eigenvalue weighted by atomic mass is 32.2. The number of rotatable bonds is 5. The zero-order valence-electron chi connectivity index (χ0n) is 13.8. The molecule has 3 rings (SSSR count). The number of hydrogen-bond acceptors (Lipinski definition) is 6. The number of benzene rings is 1. The van der Waals surface area contributed by atoms with E-state index in [-0.39, 0.29) is 5.91 Å². The largest absolute Gasteiger partial charge is 0.300 e. The van der Waals surface area contributed by atoms with Crippen molar-refractivity contribution >= 4 is 45.0 Å². The average molecular weight is 358 g/mol. The summed E-state index contributed by atoms with van der Waals surface area (Å²) in [6.07, 6.45) is 0.821. The van der Waals surface area contributed by atoms with Crippen LogP contribution in [0.1, 0.15) is 23.1 Å². The van der Waals surface area contributed by atoms with Gasteiger partial charge in [0.2, 0.25) is 11.0 Å². The van der Waals surface area contributed by atoms with Crippen LogP contribution in [0.25, 0.3) is 10.9 Å². The second-order valence-electron chi connectivity index (χ2n) is 5.45. The van der Waals surface area contributed by atoms with Gasteiger partial charge in [-0.15, -0.1) is 10.2 Å². The van der Waals surface area contributed by atoms with E-state index in [4.69, 9.17) is 4.98 Å². The Morgan fingerprint density at radius 1 is 1.25 bits per heavy atom. The molecule has 1 aromatic carbocycles. The molecule has 3 aromatic rings. The van der Waals surface area contributed by atoms with E-state index in [9.17, 15) is 4.79 Å². The van der Waals surface area contributed by atoms with Gasteiger partial charge in [0.25, 0.3) is 0 Å². The molecule has 124 valence electrons. The quantitative estimate of drug-likeness (QED) is 0.698. The second-order valence-corrected chi connectivity index (χ2v) is 7.47. The lowest BCUT2D eigenvalue weighted by Crippen LogP contribution is -2.14. The van der Waals surface area contributed by atoms with E-state index in [1.807, 2.05) is 32.9 Å². The Kier molecular flexibility index (Phi) is 5.11. The number of fused-ring (bicyclic) bond motifs is 1. The van der Waals surface area contributed by atoms with Gasteiger partial charge in [-0.3, -0.25) is 10.1 Å². The molecule has 2 aromatic heterocycles. The van der Waals surface area contributed by atoms with E-state index in [1.165, 1.54) is 23.1 Å². The van der Waals surface area contributed by atoms with Crippen LogP contribution in [0.4, 0.5) is 5.13 Å². The highest BCUT2D eigenvalue weighted by Gasteiger charge is 2.11. The van der Waals surface area contributed by atoms with E-state index in [0.717, 1.165) is 38.5 Å². The maximum absolute atomic E-state index is 12.1. The molecule has 24 heavy (non-hydrogen) atoms. The lowest BCUT2D eigenvalue weighted by Gasteiger charge is -2.08. The first-order valence-corrected chi connectivity index (χ1v) is 9.49. The van der Waals surface area contributed by atoms with Gasteiger partial charge in [0.1, 0.15) is 10.0 Å². The molecule has 0 saturated heterocycles. The van der Waals surface area contributed by atoms with Gasteiger partial charge in [-0.2, -0.15) is 0 Å². The molecule has 0 atom stereocenters. The summed E-state index contributed by atoms with van der Waals surface area (Å²) in [6.45, 7) is 6.08. The molecule has 0 unspecified atom stereocenters. The van der Waals surface area contributed by atoms with Crippen molar-refractivity contribution in [3.05, 3.63) is 40.4 Å². The highest BCUT2D eigenvalue weighted by molar-refractivity contribution is 8.00. The Bertz CT molecular complexity index is 891. The van der Waals surface area contributed by atoms with Crippen molar-refractivity contribution in [2.75, 3.05) is 11.1 Å². The summed E-state index contributed by atoms with van der Waals surface area (Å²) in [5, 5.41) is 14.2. The molecule has 0 aliphatic heterocycles. The molecular weight excluding hydrogens is 340 g/mol. The van der Waals surface area contributed by atoms with Crippen molar-refractivity contribution in [2.24, 2.45) is 0 Å². The zero-order chi connectivity index (χ0) is 17.1. The van der Waals surface area contributed by atoms with Crippen molar-refractivity contribution in [2.45, 2.75) is 32.2 Å². The van der Waals surface area contributed by atoms with Crippen LogP contribution < -0.4 is 5.32 Å². The summed E-state index contributed by atoms with van der Waals surface area (Å²) in [5.74, 6) is 0.205. The van der Waals surface area contributed by atoms with E-state index < -0.39 is 0 Å². The Hall–Kier alpha value is -1.99. The van der Waals surface area contributed by atoms with E-state index >= 15 is 0 Å². The van der Waals surface area contributed by atoms with Gasteiger partial charge in [0, 0.05) is 5.39 Å². The standard InChI is InChI=1S/C17H18N4OS2/c1-4-14-20-21-17(24-14)18-13(22)9-23-16-11(3)8-12-7-5-6-10(2)15(12)19-16/h5-8H,4,9H2,1-3H3,(H,18,21,22). The first-order valence-electron chi connectivity index (χ1n) is 7.69. The van der Waals surface area contributed by atoms with Gasteiger partial charge < -0.3 is 0 Å². The second kappa shape index (κ2) is 7.27. The number of aromatic nitrogens is 3. The third kappa shape index (κ3) is 3.73. The molecule has 2 heterocycles. The van der Waals surface area contributed by atoms with Crippen molar-refractivity contribution in [3.63, 3.8) is 0 Å². The van der Waals surface area contributed by atoms with Crippen LogP contribution in [-0.2, 0) is 11.2 Å². The monoisotopic (exact) mass is 358 g/mol. The van der Waals surface area contributed by atoms with Gasteiger partial charge in [-0.1, -0.05) is 48.2 Å². The van der Waals surface area contributed by atoms with Crippen LogP contribution in [0.15, 0.2) is 29.3 Å². The van der Waals surface area contributed by atoms with Crippen molar-refractivity contribution in [1.29, 1.82) is 0 Å². The van der Waals surface area contributed by atoms with Gasteiger partial charge in [-0.25, -0.2) is 4.98 Å². The topological polar surface area (TPSA) is 67.8 Å². The fourth-order valence-electron chi connectivity index (χ4n) is 2.32. The Morgan fingerprint density at radius 2 is 2.08 bits per heavy atom. The van der Waals surface area contributed by atoms with E-state index in [1.54, 1.807) is 0 Å². The molecule has 5 nitrogen and oxygen atoms in total. The highest BCUT2D eigenvalue weighted by Crippen LogP contribution is 2.26. The number of para-hydroxylation sites is 1. The van der Waals surface area contributed by atoms with Crippen molar-refractivity contribution < 1.29 is 4.79 Å². The number of nitrogens with zero attached hydrogens (tertiary/aromatic N) is 3. The molecule has 0 radical (unpaired) electrons. The first kappa shape index (κ1) is 16.9. The summed E-state index contributed by atoms with van der Waals surface area (Å²) in [5.41, 5.74) is 3.21. The first-order chi connectivity index (χ1) is 11.6. The maximum atomic E-state index is 12.1. The van der Waals surface area contributed by atoms with Crippen LogP contribution in [0, 0.1) is 13.8 Å². The summed E-state index contributed by atoms with van der Waals surface area (Å²) >= 11 is 2.85. The van der Waals surface area contributed by atoms with Crippen molar-refractivity contribution in [1.82, 2.24) is 15.2 Å². The summed E-state index contributed by atoms with van der Waals surface area (Å²) in [6, 6.07) is 8.26. The van der Waals surface area contributed by atoms with Crippen LogP contribution in [-0.4, -0.2) is 26.8 Å². The molecule has 0 fully saturated rings. The Labute approximate surface area is 148 Å². The number of aryl methyl sites for hydroxylation is 3. The fourth-order valence-corrected chi connectivity index (χ4v) is 3.80. The van der Waals surface area contributed by atoms with Crippen LogP contribution in [0.3, 0.4) is 0 Å². The normalized spacial score (nSPS) is 11.0. The minimum Gasteiger partial charge on any atom is -0.300 e. The lowest BCUT2D eigenvalue weighted by atomic mass is 10.1. The number of thioether (sulfide) groups is 1. The molecule has 1 N–H and O–H groups in total. The van der Waals surface area contributed by atoms with Gasteiger partial charge >= 0.3 is 0 Å². The molecule has 0 aliphatic carbocycles. The van der Waals surface area contributed by atoms with Crippen LogP contribution in [0.5, 0.6) is 0 Å². The smallest absolute Gasteiger partial charge is 0.236 e. The van der Waals surface area contributed by atoms with Gasteiger partial charge in [0.05, 0.1) is 11.3 Å². The molecule has 0 aliphatic rings. The van der Waals surface area contributed by atoms with Crippen molar-refractivity contribution in [3.8, 4) is 0 Å². The number of hydrogen-bond donors (Lipinski definition) is 1. The van der Waals surface area contributed by atoms with E-state index in [0.29, 0.717) is 10.9 Å². The molecule has 7 heteroatoms. The number of nitrogens with one attached hydrogen (secondary N) is 1. The molecule has 1 amide bonds. The third-order valence-electron chi connectivity index (χ3n) is 3.55. The Morgan fingerprint density at radius 3 is 2.83 bits per heavy atom. The molecular formula is C17H18N4OS2. The number of carbonyl (C=O) groups excluding carboxylic acids is 1. The predicted octanol–water partition coefficient (Wildman–Crippen LogP) is 4.00. The third-order valence-corrected chi connectivity index (χ3v) is 5.62. The minimum absolute atomic E-state index is 0.0927. The van der Waals surface area contributed by atoms with Crippen LogP contribution in [0.2, 0.25) is 0 Å². The van der Waals surface area contributed by atoms with Gasteiger partial charge in [-0.05, 0) is 37.5 Å². The average Bonchev–Trinajstić information content (AvgIpc) is 3.01. The number of amides is 1. The lowest BCUT2D eigenvalue weighted by molar-refractivity contribution is -0.113. The Balaban J connectivity index is 1.69. The predicted molar refractivity (Wildman–Crippen MR) is 99.9 cm³/mol. The van der Waals surface area contributed by atoms with Crippen LogP contribution >= 0.6 is 23.1 Å². The molecule has 0 saturated carbocycles.